The monoisotopic (exact) mass is 369 g/mol. The van der Waals surface area contributed by atoms with Crippen LogP contribution in [0.25, 0.3) is 0 Å². The number of benzene rings is 1. The second-order valence-electron chi connectivity index (χ2n) is 4.97. The molecule has 4 nitrogen and oxygen atoms in total. The van der Waals surface area contributed by atoms with Gasteiger partial charge in [-0.2, -0.15) is 0 Å². The zero-order chi connectivity index (χ0) is 15.8. The molecule has 0 saturated heterocycles. The minimum absolute atomic E-state index is 0.302. The van der Waals surface area contributed by atoms with Crippen LogP contribution in [0.5, 0.6) is 0 Å². The summed E-state index contributed by atoms with van der Waals surface area (Å²) < 4.78 is 3.79. The van der Waals surface area contributed by atoms with Crippen LogP contribution in [0.4, 0.5) is 5.69 Å². The van der Waals surface area contributed by atoms with Crippen LogP contribution in [0.15, 0.2) is 18.2 Å². The molecule has 1 saturated carbocycles. The summed E-state index contributed by atoms with van der Waals surface area (Å²) in [6.07, 6.45) is 0.302. The molecule has 1 aromatic carbocycles. The summed E-state index contributed by atoms with van der Waals surface area (Å²) >= 11 is 23.3. The van der Waals surface area contributed by atoms with Gasteiger partial charge in [-0.1, -0.05) is 23.2 Å². The van der Waals surface area contributed by atoms with Gasteiger partial charge in [-0.05, 0) is 25.1 Å². The zero-order valence-electron chi connectivity index (χ0n) is 10.9. The van der Waals surface area contributed by atoms with Crippen LogP contribution in [0.3, 0.4) is 0 Å². The number of nitrogens with one attached hydrogen (secondary N) is 1. The van der Waals surface area contributed by atoms with Crippen molar-refractivity contribution in [2.24, 2.45) is 5.41 Å². The first-order valence-electron chi connectivity index (χ1n) is 5.96. The lowest BCUT2D eigenvalue weighted by Crippen LogP contribution is -2.26. The highest BCUT2D eigenvalue weighted by atomic mass is 35.5. The number of hydrogen-bond donors (Lipinski definition) is 1. The fraction of sp³-hybridized carbons (Fsp3) is 0.385. The van der Waals surface area contributed by atoms with Gasteiger partial charge in [0.1, 0.15) is 9.75 Å². The van der Waals surface area contributed by atoms with Crippen LogP contribution >= 0.6 is 46.4 Å². The summed E-state index contributed by atoms with van der Waals surface area (Å²) in [5.74, 6) is -1.10. The van der Waals surface area contributed by atoms with E-state index in [-0.39, 0.29) is 0 Å². The molecule has 1 N–H and O–H groups in total. The molecule has 2 rings (SSSR count). The second kappa shape index (κ2) is 5.84. The Kier molecular flexibility index (Phi) is 4.64. The number of carbonyl (C=O) groups excluding carboxylic acids is 2. The van der Waals surface area contributed by atoms with Gasteiger partial charge in [0.05, 0.1) is 10.0 Å². The van der Waals surface area contributed by atoms with E-state index in [1.165, 1.54) is 6.07 Å². The van der Waals surface area contributed by atoms with Crippen LogP contribution in [0, 0.1) is 5.41 Å². The average molecular weight is 371 g/mol. The van der Waals surface area contributed by atoms with Gasteiger partial charge in [-0.25, -0.2) is 0 Å². The number of ether oxygens (including phenoxy) is 1. The standard InChI is InChI=1S/C13H11Cl4NO3/c1-12(6-13(12,16)17)11(20)21-5-10(19)18-7-2-3-8(14)9(15)4-7/h2-4H,5-6H2,1H3,(H,18,19)/t12-/m0/s1. The number of anilines is 1. The first-order valence-corrected chi connectivity index (χ1v) is 7.47. The molecule has 0 heterocycles. The number of esters is 1. The number of rotatable bonds is 4. The molecule has 1 fully saturated rings. The van der Waals surface area contributed by atoms with Gasteiger partial charge >= 0.3 is 5.97 Å². The van der Waals surface area contributed by atoms with Crippen molar-refractivity contribution < 1.29 is 14.3 Å². The fourth-order valence-electron chi connectivity index (χ4n) is 1.68. The average Bonchev–Trinajstić information content (AvgIpc) is 2.91. The van der Waals surface area contributed by atoms with Crippen molar-refractivity contribution in [1.29, 1.82) is 0 Å². The Balaban J connectivity index is 1.85. The van der Waals surface area contributed by atoms with E-state index in [0.29, 0.717) is 22.2 Å². The molecule has 8 heteroatoms. The van der Waals surface area contributed by atoms with Gasteiger partial charge in [0.25, 0.3) is 5.91 Å². The van der Waals surface area contributed by atoms with Crippen molar-refractivity contribution in [1.82, 2.24) is 0 Å². The number of alkyl halides is 2. The summed E-state index contributed by atoms with van der Waals surface area (Å²) in [5.41, 5.74) is -0.507. The summed E-state index contributed by atoms with van der Waals surface area (Å²) in [7, 11) is 0. The lowest BCUT2D eigenvalue weighted by molar-refractivity contribution is -0.152. The lowest BCUT2D eigenvalue weighted by atomic mass is 10.1. The molecule has 0 bridgehead atoms. The molecule has 1 aromatic rings. The van der Waals surface area contributed by atoms with Gasteiger partial charge in [0, 0.05) is 12.1 Å². The van der Waals surface area contributed by atoms with Gasteiger partial charge in [0.15, 0.2) is 6.61 Å². The Morgan fingerprint density at radius 1 is 1.29 bits per heavy atom. The molecular weight excluding hydrogens is 360 g/mol. The fourth-order valence-corrected chi connectivity index (χ4v) is 2.67. The maximum Gasteiger partial charge on any atom is 0.315 e. The van der Waals surface area contributed by atoms with E-state index in [0.717, 1.165) is 0 Å². The molecule has 1 atom stereocenters. The Bertz CT molecular complexity index is 605. The van der Waals surface area contributed by atoms with Crippen molar-refractivity contribution in [2.45, 2.75) is 17.7 Å². The molecule has 1 aliphatic carbocycles. The quantitative estimate of drug-likeness (QED) is 0.642. The van der Waals surface area contributed by atoms with Crippen molar-refractivity contribution >= 4 is 64.0 Å². The minimum atomic E-state index is -1.12. The van der Waals surface area contributed by atoms with E-state index < -0.39 is 28.2 Å². The third-order valence-electron chi connectivity index (χ3n) is 3.25. The normalized spacial score (nSPS) is 22.5. The molecule has 114 valence electrons. The Hall–Kier alpha value is -0.680. The van der Waals surface area contributed by atoms with E-state index in [1.54, 1.807) is 19.1 Å². The van der Waals surface area contributed by atoms with E-state index in [1.807, 2.05) is 0 Å². The first-order chi connectivity index (χ1) is 9.65. The summed E-state index contributed by atoms with van der Waals surface area (Å²) in [4.78, 5) is 23.5. The van der Waals surface area contributed by atoms with Crippen molar-refractivity contribution in [3.8, 4) is 0 Å². The number of hydrogen-bond acceptors (Lipinski definition) is 3. The minimum Gasteiger partial charge on any atom is -0.455 e. The van der Waals surface area contributed by atoms with E-state index >= 15 is 0 Å². The van der Waals surface area contributed by atoms with Crippen molar-refractivity contribution in [2.75, 3.05) is 11.9 Å². The summed E-state index contributed by atoms with van der Waals surface area (Å²) in [6, 6.07) is 4.62. The molecular formula is C13H11Cl4NO3. The number of carbonyl (C=O) groups is 2. The predicted octanol–water partition coefficient (Wildman–Crippen LogP) is 4.06. The number of amides is 1. The largest absolute Gasteiger partial charge is 0.455 e. The summed E-state index contributed by atoms with van der Waals surface area (Å²) in [5, 5.41) is 3.22. The Labute approximate surface area is 141 Å². The molecule has 0 spiro atoms. The molecule has 1 amide bonds. The third kappa shape index (κ3) is 3.57. The van der Waals surface area contributed by atoms with Gasteiger partial charge in [-0.15, -0.1) is 23.2 Å². The Morgan fingerprint density at radius 2 is 1.90 bits per heavy atom. The maximum absolute atomic E-state index is 11.8. The van der Waals surface area contributed by atoms with Gasteiger partial charge in [0.2, 0.25) is 0 Å². The molecule has 0 radical (unpaired) electrons. The van der Waals surface area contributed by atoms with E-state index in [2.05, 4.69) is 5.32 Å². The van der Waals surface area contributed by atoms with E-state index in [4.69, 9.17) is 51.1 Å². The molecule has 0 unspecified atom stereocenters. The third-order valence-corrected chi connectivity index (χ3v) is 5.09. The molecule has 0 aromatic heterocycles. The highest BCUT2D eigenvalue weighted by molar-refractivity contribution is 6.53. The molecule has 0 aliphatic heterocycles. The van der Waals surface area contributed by atoms with Crippen molar-refractivity contribution in [3.63, 3.8) is 0 Å². The van der Waals surface area contributed by atoms with Gasteiger partial charge in [-0.3, -0.25) is 9.59 Å². The SMILES string of the molecule is C[C@@]1(C(=O)OCC(=O)Nc2ccc(Cl)c(Cl)c2)CC1(Cl)Cl. The second-order valence-corrected chi connectivity index (χ2v) is 7.26. The van der Waals surface area contributed by atoms with Crippen LogP contribution in [0.2, 0.25) is 10.0 Å². The highest BCUT2D eigenvalue weighted by Crippen LogP contribution is 2.64. The summed E-state index contributed by atoms with van der Waals surface area (Å²) in [6.45, 7) is 1.16. The first kappa shape index (κ1) is 16.7. The van der Waals surface area contributed by atoms with E-state index in [9.17, 15) is 9.59 Å². The maximum atomic E-state index is 11.8. The lowest BCUT2D eigenvalue weighted by Gasteiger charge is -2.12. The van der Waals surface area contributed by atoms with Gasteiger partial charge < -0.3 is 10.1 Å². The smallest absolute Gasteiger partial charge is 0.315 e. The number of halogens is 4. The van der Waals surface area contributed by atoms with Crippen molar-refractivity contribution in [3.05, 3.63) is 28.2 Å². The van der Waals surface area contributed by atoms with Crippen LogP contribution < -0.4 is 5.32 Å². The topological polar surface area (TPSA) is 55.4 Å². The zero-order valence-corrected chi connectivity index (χ0v) is 13.9. The highest BCUT2D eigenvalue weighted by Gasteiger charge is 2.69. The van der Waals surface area contributed by atoms with Crippen LogP contribution in [-0.4, -0.2) is 22.8 Å². The van der Waals surface area contributed by atoms with Crippen LogP contribution in [0.1, 0.15) is 13.3 Å². The van der Waals surface area contributed by atoms with Crippen LogP contribution in [-0.2, 0) is 14.3 Å². The molecule has 1 aliphatic rings. The predicted molar refractivity (Wildman–Crippen MR) is 83.2 cm³/mol. The Morgan fingerprint density at radius 3 is 2.43 bits per heavy atom. The molecule has 21 heavy (non-hydrogen) atoms.